The van der Waals surface area contributed by atoms with E-state index in [9.17, 15) is 18.8 Å². The van der Waals surface area contributed by atoms with Gasteiger partial charge in [-0.3, -0.25) is 14.4 Å². The SMILES string of the molecule is COc1ccccc1CCC(=O)OCC(=O)c1ccc(NC(C)=O)cc1F. The van der Waals surface area contributed by atoms with E-state index in [1.165, 1.54) is 19.1 Å². The standard InChI is InChI=1S/C20H20FNO5/c1-13(23)22-15-8-9-16(17(21)11-15)18(24)12-27-20(25)10-7-14-5-3-4-6-19(14)26-2/h3-6,8-9,11H,7,10,12H2,1-2H3,(H,22,23). The second-order valence-corrected chi connectivity index (χ2v) is 5.77. The largest absolute Gasteiger partial charge is 0.496 e. The first-order valence-corrected chi connectivity index (χ1v) is 8.28. The van der Waals surface area contributed by atoms with Crippen LogP contribution in [0.4, 0.5) is 10.1 Å². The number of para-hydroxylation sites is 1. The molecule has 27 heavy (non-hydrogen) atoms. The molecule has 2 rings (SSSR count). The van der Waals surface area contributed by atoms with E-state index in [-0.39, 0.29) is 23.6 Å². The Kier molecular flexibility index (Phi) is 7.05. The number of aryl methyl sites for hydroxylation is 1. The van der Waals surface area contributed by atoms with Crippen LogP contribution in [-0.2, 0) is 20.7 Å². The van der Waals surface area contributed by atoms with Crippen molar-refractivity contribution in [2.45, 2.75) is 19.8 Å². The van der Waals surface area contributed by atoms with Gasteiger partial charge in [0.1, 0.15) is 11.6 Å². The summed E-state index contributed by atoms with van der Waals surface area (Å²) in [4.78, 5) is 34.9. The molecule has 0 bridgehead atoms. The highest BCUT2D eigenvalue weighted by atomic mass is 19.1. The quantitative estimate of drug-likeness (QED) is 0.568. The van der Waals surface area contributed by atoms with E-state index in [0.29, 0.717) is 12.2 Å². The Hall–Kier alpha value is -3.22. The first kappa shape index (κ1) is 20.1. The lowest BCUT2D eigenvalue weighted by atomic mass is 10.1. The molecule has 2 aromatic carbocycles. The van der Waals surface area contributed by atoms with Gasteiger partial charge in [-0.25, -0.2) is 4.39 Å². The highest BCUT2D eigenvalue weighted by Gasteiger charge is 2.15. The molecule has 0 atom stereocenters. The zero-order chi connectivity index (χ0) is 19.8. The Balaban J connectivity index is 1.87. The summed E-state index contributed by atoms with van der Waals surface area (Å²) in [6.07, 6.45) is 0.467. The van der Waals surface area contributed by atoms with Crippen LogP contribution in [0, 0.1) is 5.82 Å². The molecular formula is C20H20FNO5. The van der Waals surface area contributed by atoms with E-state index >= 15 is 0 Å². The summed E-state index contributed by atoms with van der Waals surface area (Å²) >= 11 is 0. The van der Waals surface area contributed by atoms with E-state index in [4.69, 9.17) is 9.47 Å². The van der Waals surface area contributed by atoms with Crippen LogP contribution in [0.1, 0.15) is 29.3 Å². The highest BCUT2D eigenvalue weighted by Crippen LogP contribution is 2.19. The topological polar surface area (TPSA) is 81.7 Å². The molecule has 0 unspecified atom stereocenters. The molecule has 0 saturated carbocycles. The Morgan fingerprint density at radius 1 is 1.11 bits per heavy atom. The number of Topliss-reactive ketones (excluding diaryl/α,β-unsaturated/α-hetero) is 1. The Labute approximate surface area is 156 Å². The van der Waals surface area contributed by atoms with Gasteiger partial charge in [-0.05, 0) is 36.2 Å². The third kappa shape index (κ3) is 5.91. The number of carbonyl (C=O) groups is 3. The van der Waals surface area contributed by atoms with Crippen LogP contribution < -0.4 is 10.1 Å². The summed E-state index contributed by atoms with van der Waals surface area (Å²) < 4.78 is 24.1. The predicted molar refractivity (Wildman–Crippen MR) is 97.3 cm³/mol. The van der Waals surface area contributed by atoms with Crippen molar-refractivity contribution >= 4 is 23.3 Å². The summed E-state index contributed by atoms with van der Waals surface area (Å²) in [5.74, 6) is -1.70. The minimum absolute atomic E-state index is 0.0671. The Morgan fingerprint density at radius 2 is 1.85 bits per heavy atom. The summed E-state index contributed by atoms with van der Waals surface area (Å²) in [6.45, 7) is 0.739. The molecule has 0 aliphatic carbocycles. The third-order valence-electron chi connectivity index (χ3n) is 3.75. The van der Waals surface area contributed by atoms with Gasteiger partial charge < -0.3 is 14.8 Å². The molecule has 0 aliphatic rings. The van der Waals surface area contributed by atoms with Crippen molar-refractivity contribution in [1.29, 1.82) is 0 Å². The summed E-state index contributed by atoms with van der Waals surface area (Å²) in [6, 6.07) is 11.0. The fraction of sp³-hybridized carbons (Fsp3) is 0.250. The fourth-order valence-electron chi connectivity index (χ4n) is 2.46. The Morgan fingerprint density at radius 3 is 2.52 bits per heavy atom. The summed E-state index contributed by atoms with van der Waals surface area (Å²) in [5.41, 5.74) is 0.884. The number of carbonyl (C=O) groups excluding carboxylic acids is 3. The van der Waals surface area contributed by atoms with Crippen LogP contribution in [0.2, 0.25) is 0 Å². The number of methoxy groups -OCH3 is 1. The number of rotatable bonds is 8. The fourth-order valence-corrected chi connectivity index (χ4v) is 2.46. The van der Waals surface area contributed by atoms with Crippen molar-refractivity contribution in [1.82, 2.24) is 0 Å². The minimum atomic E-state index is -0.795. The van der Waals surface area contributed by atoms with Gasteiger partial charge in [0.05, 0.1) is 12.7 Å². The molecular weight excluding hydrogens is 353 g/mol. The van der Waals surface area contributed by atoms with Gasteiger partial charge >= 0.3 is 5.97 Å². The van der Waals surface area contributed by atoms with Gasteiger partial charge in [-0.1, -0.05) is 18.2 Å². The molecule has 0 fully saturated rings. The number of ketones is 1. The minimum Gasteiger partial charge on any atom is -0.496 e. The normalized spacial score (nSPS) is 10.2. The number of halogens is 1. The molecule has 1 N–H and O–H groups in total. The lowest BCUT2D eigenvalue weighted by molar-refractivity contribution is -0.142. The molecule has 0 aromatic heterocycles. The summed E-state index contributed by atoms with van der Waals surface area (Å²) in [7, 11) is 1.54. The van der Waals surface area contributed by atoms with Crippen molar-refractivity contribution in [2.75, 3.05) is 19.0 Å². The number of amides is 1. The lowest BCUT2D eigenvalue weighted by Gasteiger charge is -2.09. The highest BCUT2D eigenvalue weighted by molar-refractivity contribution is 5.99. The molecule has 1 amide bonds. The van der Waals surface area contributed by atoms with Crippen molar-refractivity contribution in [3.8, 4) is 5.75 Å². The molecule has 0 saturated heterocycles. The molecule has 6 nitrogen and oxygen atoms in total. The maximum absolute atomic E-state index is 14.0. The van der Waals surface area contributed by atoms with Crippen LogP contribution in [-0.4, -0.2) is 31.4 Å². The van der Waals surface area contributed by atoms with Gasteiger partial charge in [0.2, 0.25) is 11.7 Å². The molecule has 0 aliphatic heterocycles. The van der Waals surface area contributed by atoms with Crippen molar-refractivity contribution in [2.24, 2.45) is 0 Å². The van der Waals surface area contributed by atoms with Crippen LogP contribution in [0.5, 0.6) is 5.75 Å². The van der Waals surface area contributed by atoms with Crippen LogP contribution in [0.25, 0.3) is 0 Å². The maximum Gasteiger partial charge on any atom is 0.306 e. The van der Waals surface area contributed by atoms with Crippen molar-refractivity contribution in [3.63, 3.8) is 0 Å². The number of hydrogen-bond acceptors (Lipinski definition) is 5. The lowest BCUT2D eigenvalue weighted by Crippen LogP contribution is -2.16. The Bertz CT molecular complexity index is 850. The van der Waals surface area contributed by atoms with Crippen LogP contribution in [0.3, 0.4) is 0 Å². The number of hydrogen-bond donors (Lipinski definition) is 1. The van der Waals surface area contributed by atoms with Gasteiger partial charge in [0.15, 0.2) is 6.61 Å². The van der Waals surface area contributed by atoms with Crippen molar-refractivity contribution < 1.29 is 28.2 Å². The second-order valence-electron chi connectivity index (χ2n) is 5.77. The van der Waals surface area contributed by atoms with Gasteiger partial charge in [0, 0.05) is 19.0 Å². The average Bonchev–Trinajstić information content (AvgIpc) is 2.64. The van der Waals surface area contributed by atoms with Crippen molar-refractivity contribution in [3.05, 3.63) is 59.4 Å². The molecule has 0 heterocycles. The van der Waals surface area contributed by atoms with Gasteiger partial charge in [0.25, 0.3) is 0 Å². The summed E-state index contributed by atoms with van der Waals surface area (Å²) in [5, 5.41) is 2.42. The average molecular weight is 373 g/mol. The first-order valence-electron chi connectivity index (χ1n) is 8.28. The zero-order valence-electron chi connectivity index (χ0n) is 15.1. The van der Waals surface area contributed by atoms with Crippen LogP contribution >= 0.6 is 0 Å². The second kappa shape index (κ2) is 9.47. The number of esters is 1. The van der Waals surface area contributed by atoms with Gasteiger partial charge in [-0.2, -0.15) is 0 Å². The van der Waals surface area contributed by atoms with E-state index in [1.54, 1.807) is 13.2 Å². The molecule has 7 heteroatoms. The predicted octanol–water partition coefficient (Wildman–Crippen LogP) is 3.15. The number of nitrogens with one attached hydrogen (secondary N) is 1. The maximum atomic E-state index is 14.0. The number of ether oxygens (including phenoxy) is 2. The molecule has 0 radical (unpaired) electrons. The number of benzene rings is 2. The van der Waals surface area contributed by atoms with E-state index < -0.39 is 24.2 Å². The third-order valence-corrected chi connectivity index (χ3v) is 3.75. The van der Waals surface area contributed by atoms with E-state index in [1.807, 2.05) is 18.2 Å². The van der Waals surface area contributed by atoms with Crippen LogP contribution in [0.15, 0.2) is 42.5 Å². The van der Waals surface area contributed by atoms with E-state index in [0.717, 1.165) is 11.6 Å². The van der Waals surface area contributed by atoms with Gasteiger partial charge in [-0.15, -0.1) is 0 Å². The molecule has 2 aromatic rings. The zero-order valence-corrected chi connectivity index (χ0v) is 15.1. The number of anilines is 1. The monoisotopic (exact) mass is 373 g/mol. The molecule has 0 spiro atoms. The van der Waals surface area contributed by atoms with E-state index in [2.05, 4.69) is 5.32 Å². The first-order chi connectivity index (χ1) is 12.9. The smallest absolute Gasteiger partial charge is 0.306 e. The molecule has 142 valence electrons.